The lowest BCUT2D eigenvalue weighted by Gasteiger charge is -2.33. The van der Waals surface area contributed by atoms with E-state index < -0.39 is 17.9 Å². The summed E-state index contributed by atoms with van der Waals surface area (Å²) >= 11 is 6.05. The Morgan fingerprint density at radius 1 is 1.00 bits per heavy atom. The molecule has 2 amide bonds. The minimum absolute atomic E-state index is 0.273. The van der Waals surface area contributed by atoms with E-state index >= 15 is 0 Å². The van der Waals surface area contributed by atoms with E-state index in [0.29, 0.717) is 10.7 Å². The monoisotopic (exact) mass is 375 g/mol. The zero-order valence-corrected chi connectivity index (χ0v) is 14.9. The van der Waals surface area contributed by atoms with Crippen LogP contribution >= 0.6 is 11.6 Å². The molecule has 0 unspecified atom stereocenters. The zero-order chi connectivity index (χ0) is 18.7. The van der Waals surface area contributed by atoms with Crippen molar-refractivity contribution in [2.24, 2.45) is 11.8 Å². The molecule has 0 spiro atoms. The second-order valence-corrected chi connectivity index (χ2v) is 7.39. The fraction of sp³-hybridized carbons (Fsp3) is 0.190. The Morgan fingerprint density at radius 3 is 2.56 bits per heavy atom. The molecule has 2 saturated heterocycles. The van der Waals surface area contributed by atoms with Crippen LogP contribution in [0.5, 0.6) is 0 Å². The molecule has 132 valence electrons. The summed E-state index contributed by atoms with van der Waals surface area (Å²) in [5.41, 5.74) is 2.44. The van der Waals surface area contributed by atoms with E-state index in [2.05, 4.69) is 6.07 Å². The lowest BCUT2D eigenvalue weighted by atomic mass is 9.85. The van der Waals surface area contributed by atoms with Crippen molar-refractivity contribution in [1.29, 1.82) is 5.26 Å². The number of fused-ring (bicyclic) bond motifs is 5. The Balaban J connectivity index is 1.65. The van der Waals surface area contributed by atoms with Gasteiger partial charge in [0.15, 0.2) is 0 Å². The summed E-state index contributed by atoms with van der Waals surface area (Å²) < 4.78 is 0. The Kier molecular flexibility index (Phi) is 3.40. The molecular weight excluding hydrogens is 362 g/mol. The first-order chi connectivity index (χ1) is 13.1. The maximum absolute atomic E-state index is 13.3. The molecule has 27 heavy (non-hydrogen) atoms. The van der Waals surface area contributed by atoms with E-state index in [1.165, 1.54) is 4.90 Å². The summed E-state index contributed by atoms with van der Waals surface area (Å²) in [6.45, 7) is 0. The number of benzene rings is 2. The average molecular weight is 376 g/mol. The first kappa shape index (κ1) is 16.1. The van der Waals surface area contributed by atoms with Gasteiger partial charge in [-0.3, -0.25) is 9.59 Å². The molecule has 5 nitrogen and oxygen atoms in total. The molecule has 0 N–H and O–H groups in total. The number of nitriles is 1. The number of imide groups is 1. The van der Waals surface area contributed by atoms with Gasteiger partial charge in [0.25, 0.3) is 0 Å². The van der Waals surface area contributed by atoms with Gasteiger partial charge in [0, 0.05) is 11.2 Å². The Labute approximate surface area is 161 Å². The van der Waals surface area contributed by atoms with Crippen LogP contribution in [0.2, 0.25) is 5.02 Å². The first-order valence-corrected chi connectivity index (χ1v) is 9.07. The molecular formula is C21H14ClN3O2. The Hall–Kier alpha value is -3.10. The smallest absolute Gasteiger partial charge is 0.240 e. The largest absolute Gasteiger partial charge is 0.353 e. The van der Waals surface area contributed by atoms with E-state index in [9.17, 15) is 14.9 Å². The summed E-state index contributed by atoms with van der Waals surface area (Å²) in [7, 11) is 0. The molecule has 4 atom stereocenters. The van der Waals surface area contributed by atoms with Gasteiger partial charge < -0.3 is 4.90 Å². The third kappa shape index (κ3) is 2.11. The highest BCUT2D eigenvalue weighted by atomic mass is 35.5. The van der Waals surface area contributed by atoms with Crippen LogP contribution in [-0.4, -0.2) is 22.8 Å². The molecule has 0 bridgehead atoms. The first-order valence-electron chi connectivity index (χ1n) is 8.69. The van der Waals surface area contributed by atoms with Crippen LogP contribution in [-0.2, 0) is 9.59 Å². The quantitative estimate of drug-likeness (QED) is 0.717. The number of anilines is 1. The van der Waals surface area contributed by atoms with E-state index in [4.69, 9.17) is 11.6 Å². The predicted octanol–water partition coefficient (Wildman–Crippen LogP) is 3.38. The van der Waals surface area contributed by atoms with Gasteiger partial charge in [0.1, 0.15) is 6.04 Å². The Morgan fingerprint density at radius 2 is 1.78 bits per heavy atom. The highest BCUT2D eigenvalue weighted by Gasteiger charge is 2.63. The minimum atomic E-state index is -0.692. The zero-order valence-electron chi connectivity index (χ0n) is 14.1. The van der Waals surface area contributed by atoms with Gasteiger partial charge in [-0.15, -0.1) is 0 Å². The molecule has 2 aromatic carbocycles. The number of carbonyl (C=O) groups excluding carboxylic acids is 2. The number of carbonyl (C=O) groups is 2. The molecule has 0 radical (unpaired) electrons. The van der Waals surface area contributed by atoms with Crippen LogP contribution in [0, 0.1) is 23.2 Å². The summed E-state index contributed by atoms with van der Waals surface area (Å²) in [4.78, 5) is 29.6. The standard InChI is InChI=1S/C21H14ClN3O2/c22-13-5-3-6-14(10-13)25-20(26)17-16(11-23)24-9-8-12-4-1-2-7-15(12)19(24)18(17)21(25)27/h1-10,16-19H/t16-,17-,18-,19-/m0/s1. The number of hydrogen-bond donors (Lipinski definition) is 0. The topological polar surface area (TPSA) is 64.4 Å². The second kappa shape index (κ2) is 5.70. The van der Waals surface area contributed by atoms with Gasteiger partial charge in [-0.05, 0) is 35.4 Å². The van der Waals surface area contributed by atoms with Gasteiger partial charge in [-0.2, -0.15) is 5.26 Å². The van der Waals surface area contributed by atoms with Crippen LogP contribution in [0.15, 0.2) is 54.7 Å². The van der Waals surface area contributed by atoms with E-state index in [1.54, 1.807) is 24.3 Å². The van der Waals surface area contributed by atoms with Crippen molar-refractivity contribution in [3.05, 3.63) is 70.9 Å². The molecule has 0 saturated carbocycles. The molecule has 2 aromatic rings. The molecule has 3 aliphatic heterocycles. The van der Waals surface area contributed by atoms with Crippen LogP contribution in [0.25, 0.3) is 6.08 Å². The number of nitrogens with zero attached hydrogens (tertiary/aromatic N) is 3. The minimum Gasteiger partial charge on any atom is -0.353 e. The van der Waals surface area contributed by atoms with Crippen LogP contribution in [0.4, 0.5) is 5.69 Å². The van der Waals surface area contributed by atoms with Gasteiger partial charge in [0.05, 0.1) is 29.6 Å². The van der Waals surface area contributed by atoms with Crippen molar-refractivity contribution >= 4 is 35.2 Å². The van der Waals surface area contributed by atoms with Gasteiger partial charge >= 0.3 is 0 Å². The van der Waals surface area contributed by atoms with Crippen molar-refractivity contribution in [2.45, 2.75) is 12.1 Å². The van der Waals surface area contributed by atoms with E-state index in [-0.39, 0.29) is 17.9 Å². The normalized spacial score (nSPS) is 28.0. The fourth-order valence-electron chi connectivity index (χ4n) is 4.58. The maximum Gasteiger partial charge on any atom is 0.240 e. The average Bonchev–Trinajstić information content (AvgIpc) is 3.14. The lowest BCUT2D eigenvalue weighted by molar-refractivity contribution is -0.123. The van der Waals surface area contributed by atoms with Crippen molar-refractivity contribution in [3.8, 4) is 6.07 Å². The van der Waals surface area contributed by atoms with Crippen molar-refractivity contribution < 1.29 is 9.59 Å². The SMILES string of the molecule is N#C[C@H]1[C@@H]2C(=O)N(c3cccc(Cl)c3)C(=O)[C@@H]2[C@@H]2c3ccccc3C=CN12. The predicted molar refractivity (Wildman–Crippen MR) is 100 cm³/mol. The van der Waals surface area contributed by atoms with Gasteiger partial charge in [-0.1, -0.05) is 41.9 Å². The maximum atomic E-state index is 13.3. The molecule has 0 aliphatic carbocycles. The summed E-state index contributed by atoms with van der Waals surface area (Å²) in [5, 5.41) is 10.2. The second-order valence-electron chi connectivity index (χ2n) is 6.95. The summed E-state index contributed by atoms with van der Waals surface area (Å²) in [6, 6.07) is 15.8. The highest BCUT2D eigenvalue weighted by Crippen LogP contribution is 2.52. The summed E-state index contributed by atoms with van der Waals surface area (Å²) in [5.74, 6) is -1.89. The van der Waals surface area contributed by atoms with Crippen LogP contribution in [0.1, 0.15) is 17.2 Å². The third-order valence-electron chi connectivity index (χ3n) is 5.66. The Bertz CT molecular complexity index is 1060. The molecule has 0 aromatic heterocycles. The highest BCUT2D eigenvalue weighted by molar-refractivity contribution is 6.31. The molecule has 3 heterocycles. The van der Waals surface area contributed by atoms with Gasteiger partial charge in [0.2, 0.25) is 11.8 Å². The number of amides is 2. The van der Waals surface area contributed by atoms with Crippen LogP contribution in [0.3, 0.4) is 0 Å². The lowest BCUT2D eigenvalue weighted by Crippen LogP contribution is -2.40. The number of rotatable bonds is 1. The van der Waals surface area contributed by atoms with Gasteiger partial charge in [-0.25, -0.2) is 4.90 Å². The summed E-state index contributed by atoms with van der Waals surface area (Å²) in [6.07, 6.45) is 3.77. The molecule has 3 aliphatic rings. The van der Waals surface area contributed by atoms with Crippen LogP contribution < -0.4 is 4.90 Å². The number of halogens is 1. The van der Waals surface area contributed by atoms with Crippen molar-refractivity contribution in [2.75, 3.05) is 4.90 Å². The molecule has 5 rings (SSSR count). The fourth-order valence-corrected chi connectivity index (χ4v) is 4.76. The van der Waals surface area contributed by atoms with Crippen molar-refractivity contribution in [3.63, 3.8) is 0 Å². The van der Waals surface area contributed by atoms with E-state index in [1.807, 2.05) is 41.4 Å². The number of hydrogen-bond acceptors (Lipinski definition) is 4. The third-order valence-corrected chi connectivity index (χ3v) is 5.90. The van der Waals surface area contributed by atoms with E-state index in [0.717, 1.165) is 11.1 Å². The van der Waals surface area contributed by atoms with Crippen molar-refractivity contribution in [1.82, 2.24) is 4.90 Å². The molecule has 2 fully saturated rings. The molecule has 6 heteroatoms.